The van der Waals surface area contributed by atoms with Gasteiger partial charge in [-0.2, -0.15) is 0 Å². The van der Waals surface area contributed by atoms with Crippen LogP contribution < -0.4 is 5.73 Å². The van der Waals surface area contributed by atoms with Crippen LogP contribution in [0.15, 0.2) is 18.2 Å². The zero-order chi connectivity index (χ0) is 11.8. The standard InChI is InChI=1S/C13H17Cl2N/c1-13(6-5-9(16)7-13)8-10-11(14)3-2-4-12(10)15/h2-4,9H,5-8,16H2,1H3. The average molecular weight is 258 g/mol. The summed E-state index contributed by atoms with van der Waals surface area (Å²) in [7, 11) is 0. The lowest BCUT2D eigenvalue weighted by molar-refractivity contribution is 0.330. The van der Waals surface area contributed by atoms with Crippen molar-refractivity contribution in [1.82, 2.24) is 0 Å². The lowest BCUT2D eigenvalue weighted by atomic mass is 9.82. The summed E-state index contributed by atoms with van der Waals surface area (Å²) >= 11 is 12.4. The molecule has 1 saturated carbocycles. The van der Waals surface area contributed by atoms with Crippen LogP contribution in [0.1, 0.15) is 31.7 Å². The van der Waals surface area contributed by atoms with E-state index in [4.69, 9.17) is 28.9 Å². The molecule has 16 heavy (non-hydrogen) atoms. The van der Waals surface area contributed by atoms with Crippen LogP contribution in [0.5, 0.6) is 0 Å². The van der Waals surface area contributed by atoms with Gasteiger partial charge in [0, 0.05) is 16.1 Å². The third-order valence-electron chi connectivity index (χ3n) is 3.54. The molecule has 0 amide bonds. The summed E-state index contributed by atoms with van der Waals surface area (Å²) in [5.41, 5.74) is 7.30. The Hall–Kier alpha value is -0.240. The largest absolute Gasteiger partial charge is 0.328 e. The lowest BCUT2D eigenvalue weighted by Gasteiger charge is -2.25. The number of halogens is 2. The van der Waals surface area contributed by atoms with E-state index < -0.39 is 0 Å². The molecule has 2 atom stereocenters. The van der Waals surface area contributed by atoms with Crippen molar-refractivity contribution in [3.05, 3.63) is 33.8 Å². The first kappa shape index (κ1) is 12.2. The van der Waals surface area contributed by atoms with E-state index in [1.165, 1.54) is 0 Å². The third-order valence-corrected chi connectivity index (χ3v) is 4.25. The zero-order valence-electron chi connectivity index (χ0n) is 9.47. The molecule has 0 saturated heterocycles. The molecule has 0 spiro atoms. The topological polar surface area (TPSA) is 26.0 Å². The van der Waals surface area contributed by atoms with Gasteiger partial charge in [-0.1, -0.05) is 36.2 Å². The highest BCUT2D eigenvalue weighted by Crippen LogP contribution is 2.42. The van der Waals surface area contributed by atoms with Crippen molar-refractivity contribution in [2.24, 2.45) is 11.1 Å². The van der Waals surface area contributed by atoms with Gasteiger partial charge in [-0.3, -0.25) is 0 Å². The van der Waals surface area contributed by atoms with Crippen LogP contribution in [-0.4, -0.2) is 6.04 Å². The first-order valence-corrected chi connectivity index (χ1v) is 6.44. The van der Waals surface area contributed by atoms with Gasteiger partial charge in [0.05, 0.1) is 0 Å². The predicted molar refractivity (Wildman–Crippen MR) is 70.1 cm³/mol. The second-order valence-corrected chi connectivity index (χ2v) is 6.00. The summed E-state index contributed by atoms with van der Waals surface area (Å²) in [6.45, 7) is 2.28. The molecule has 0 bridgehead atoms. The van der Waals surface area contributed by atoms with Crippen molar-refractivity contribution in [3.8, 4) is 0 Å². The minimum absolute atomic E-state index is 0.258. The van der Waals surface area contributed by atoms with Crippen LogP contribution in [-0.2, 0) is 6.42 Å². The van der Waals surface area contributed by atoms with Gasteiger partial charge >= 0.3 is 0 Å². The maximum absolute atomic E-state index is 6.19. The molecule has 3 heteroatoms. The molecule has 2 rings (SSSR count). The SMILES string of the molecule is CC1(Cc2c(Cl)cccc2Cl)CCC(N)C1. The highest BCUT2D eigenvalue weighted by molar-refractivity contribution is 6.36. The monoisotopic (exact) mass is 257 g/mol. The van der Waals surface area contributed by atoms with E-state index in [0.717, 1.165) is 41.3 Å². The second kappa shape index (κ2) is 4.56. The third kappa shape index (κ3) is 2.53. The van der Waals surface area contributed by atoms with E-state index in [0.29, 0.717) is 6.04 Å². The number of nitrogens with two attached hydrogens (primary N) is 1. The molecule has 1 nitrogen and oxygen atoms in total. The lowest BCUT2D eigenvalue weighted by Crippen LogP contribution is -2.21. The molecular formula is C13H17Cl2N. The summed E-state index contributed by atoms with van der Waals surface area (Å²) in [5, 5.41) is 1.54. The molecule has 1 aromatic carbocycles. The second-order valence-electron chi connectivity index (χ2n) is 5.19. The zero-order valence-corrected chi connectivity index (χ0v) is 11.0. The van der Waals surface area contributed by atoms with Crippen LogP contribution in [0.4, 0.5) is 0 Å². The highest BCUT2D eigenvalue weighted by Gasteiger charge is 2.34. The summed E-state index contributed by atoms with van der Waals surface area (Å²) in [6.07, 6.45) is 4.27. The average Bonchev–Trinajstić information content (AvgIpc) is 2.53. The summed E-state index contributed by atoms with van der Waals surface area (Å²) < 4.78 is 0. The number of hydrogen-bond acceptors (Lipinski definition) is 1. The fourth-order valence-corrected chi connectivity index (χ4v) is 3.19. The summed E-state index contributed by atoms with van der Waals surface area (Å²) in [4.78, 5) is 0. The smallest absolute Gasteiger partial charge is 0.0453 e. The van der Waals surface area contributed by atoms with E-state index in [2.05, 4.69) is 6.92 Å². The van der Waals surface area contributed by atoms with Gasteiger partial charge < -0.3 is 5.73 Å². The van der Waals surface area contributed by atoms with Gasteiger partial charge in [-0.05, 0) is 48.8 Å². The van der Waals surface area contributed by atoms with Crippen molar-refractivity contribution in [1.29, 1.82) is 0 Å². The molecule has 2 unspecified atom stereocenters. The van der Waals surface area contributed by atoms with E-state index in [9.17, 15) is 0 Å². The van der Waals surface area contributed by atoms with Crippen molar-refractivity contribution >= 4 is 23.2 Å². The van der Waals surface area contributed by atoms with Crippen LogP contribution in [0, 0.1) is 5.41 Å². The minimum Gasteiger partial charge on any atom is -0.328 e. The molecule has 1 aromatic rings. The molecule has 0 aliphatic heterocycles. The summed E-state index contributed by atoms with van der Waals surface area (Å²) in [5.74, 6) is 0. The molecule has 88 valence electrons. The van der Waals surface area contributed by atoms with Gasteiger partial charge in [0.2, 0.25) is 0 Å². The van der Waals surface area contributed by atoms with Gasteiger partial charge in [0.1, 0.15) is 0 Å². The van der Waals surface area contributed by atoms with Crippen molar-refractivity contribution in [3.63, 3.8) is 0 Å². The number of benzene rings is 1. The fraction of sp³-hybridized carbons (Fsp3) is 0.538. The first-order chi connectivity index (χ1) is 7.50. The molecule has 1 fully saturated rings. The molecule has 2 N–H and O–H groups in total. The van der Waals surface area contributed by atoms with Gasteiger partial charge in [0.25, 0.3) is 0 Å². The Labute approximate surface area is 107 Å². The van der Waals surface area contributed by atoms with Crippen LogP contribution in [0.25, 0.3) is 0 Å². The molecule has 0 heterocycles. The van der Waals surface area contributed by atoms with Crippen molar-refractivity contribution < 1.29 is 0 Å². The normalized spacial score (nSPS) is 29.6. The molecular weight excluding hydrogens is 241 g/mol. The Kier molecular flexibility index (Phi) is 3.48. The minimum atomic E-state index is 0.258. The quantitative estimate of drug-likeness (QED) is 0.850. The maximum atomic E-state index is 6.19. The Morgan fingerprint density at radius 3 is 2.50 bits per heavy atom. The van der Waals surface area contributed by atoms with Crippen LogP contribution in [0.2, 0.25) is 10.0 Å². The van der Waals surface area contributed by atoms with E-state index in [-0.39, 0.29) is 5.41 Å². The van der Waals surface area contributed by atoms with Gasteiger partial charge in [0.15, 0.2) is 0 Å². The highest BCUT2D eigenvalue weighted by atomic mass is 35.5. The van der Waals surface area contributed by atoms with Crippen LogP contribution >= 0.6 is 23.2 Å². The van der Waals surface area contributed by atoms with Gasteiger partial charge in [-0.25, -0.2) is 0 Å². The first-order valence-electron chi connectivity index (χ1n) is 5.69. The van der Waals surface area contributed by atoms with E-state index >= 15 is 0 Å². The van der Waals surface area contributed by atoms with E-state index in [1.807, 2.05) is 18.2 Å². The number of rotatable bonds is 2. The van der Waals surface area contributed by atoms with Crippen LogP contribution in [0.3, 0.4) is 0 Å². The van der Waals surface area contributed by atoms with Gasteiger partial charge in [-0.15, -0.1) is 0 Å². The fourth-order valence-electron chi connectivity index (χ4n) is 2.66. The number of hydrogen-bond donors (Lipinski definition) is 1. The summed E-state index contributed by atoms with van der Waals surface area (Å²) in [6, 6.07) is 6.03. The Morgan fingerprint density at radius 2 is 2.00 bits per heavy atom. The Bertz CT molecular complexity index is 371. The Balaban J connectivity index is 2.21. The van der Waals surface area contributed by atoms with Crippen molar-refractivity contribution in [2.75, 3.05) is 0 Å². The maximum Gasteiger partial charge on any atom is 0.0453 e. The molecule has 1 aliphatic carbocycles. The Morgan fingerprint density at radius 1 is 1.38 bits per heavy atom. The molecule has 0 radical (unpaired) electrons. The molecule has 1 aliphatic rings. The van der Waals surface area contributed by atoms with Crippen molar-refractivity contribution in [2.45, 2.75) is 38.6 Å². The molecule has 0 aromatic heterocycles. The predicted octanol–water partition coefficient (Wildman–Crippen LogP) is 4.05. The van der Waals surface area contributed by atoms with E-state index in [1.54, 1.807) is 0 Å².